The van der Waals surface area contributed by atoms with Crippen LogP contribution in [0.2, 0.25) is 0 Å². The second-order valence-electron chi connectivity index (χ2n) is 9.34. The zero-order valence-corrected chi connectivity index (χ0v) is 21.3. The Hall–Kier alpha value is -2.90. The average molecular weight is 484 g/mol. The van der Waals surface area contributed by atoms with Crippen molar-refractivity contribution >= 4 is 11.6 Å². The van der Waals surface area contributed by atoms with E-state index in [9.17, 15) is 14.3 Å². The van der Waals surface area contributed by atoms with Crippen LogP contribution in [0.5, 0.6) is 5.75 Å². The van der Waals surface area contributed by atoms with Crippen molar-refractivity contribution in [1.82, 2.24) is 15.1 Å². The van der Waals surface area contributed by atoms with Gasteiger partial charge in [0, 0.05) is 44.8 Å². The summed E-state index contributed by atoms with van der Waals surface area (Å²) in [6.07, 6.45) is 9.00. The van der Waals surface area contributed by atoms with Crippen molar-refractivity contribution in [2.45, 2.75) is 39.7 Å². The Morgan fingerprint density at radius 1 is 1.29 bits per heavy atom. The number of likely N-dealkylation sites (tertiary alicyclic amines) is 1. The number of rotatable bonds is 8. The number of β-amino-alcohol motifs (C(OH)–C–C–N with tert-alkyl or cyclic N) is 1. The van der Waals surface area contributed by atoms with E-state index in [1.165, 1.54) is 24.3 Å². The van der Waals surface area contributed by atoms with Crippen LogP contribution in [-0.4, -0.2) is 73.4 Å². The van der Waals surface area contributed by atoms with Gasteiger partial charge in [-0.05, 0) is 56.4 Å². The summed E-state index contributed by atoms with van der Waals surface area (Å²) >= 11 is 0. The Morgan fingerprint density at radius 3 is 2.71 bits per heavy atom. The summed E-state index contributed by atoms with van der Waals surface area (Å²) in [5.74, 6) is -0.0797. The first kappa shape index (κ1) is 26.7. The zero-order valence-electron chi connectivity index (χ0n) is 21.3. The molecule has 7 heteroatoms. The first-order valence-electron chi connectivity index (χ1n) is 12.3. The number of halogens is 1. The Balaban J connectivity index is 1.43. The maximum atomic E-state index is 14.0. The summed E-state index contributed by atoms with van der Waals surface area (Å²) in [5.41, 5.74) is 5.41. The van der Waals surface area contributed by atoms with Gasteiger partial charge in [-0.15, -0.1) is 0 Å². The van der Waals surface area contributed by atoms with Gasteiger partial charge in [-0.1, -0.05) is 42.0 Å². The molecule has 2 amide bonds. The number of carbonyl (C=O) groups is 1. The smallest absolute Gasteiger partial charge is 0.318 e. The molecule has 2 N–H and O–H groups in total. The molecule has 1 atom stereocenters. The van der Waals surface area contributed by atoms with Crippen LogP contribution in [0.3, 0.4) is 0 Å². The highest BCUT2D eigenvalue weighted by Gasteiger charge is 2.25. The fourth-order valence-corrected chi connectivity index (χ4v) is 4.46. The molecule has 1 fully saturated rings. The molecule has 0 aromatic heterocycles. The van der Waals surface area contributed by atoms with Crippen molar-refractivity contribution in [3.8, 4) is 5.75 Å². The highest BCUT2D eigenvalue weighted by molar-refractivity contribution is 5.76. The molecule has 0 radical (unpaired) electrons. The third kappa shape index (κ3) is 7.29. The van der Waals surface area contributed by atoms with Crippen LogP contribution >= 0.6 is 0 Å². The Kier molecular flexibility index (Phi) is 9.69. The topological polar surface area (TPSA) is 65.0 Å². The van der Waals surface area contributed by atoms with Gasteiger partial charge in [0.2, 0.25) is 0 Å². The molecular weight excluding hydrogens is 445 g/mol. The van der Waals surface area contributed by atoms with E-state index in [4.69, 9.17) is 4.74 Å². The van der Waals surface area contributed by atoms with Crippen molar-refractivity contribution in [1.29, 1.82) is 0 Å². The van der Waals surface area contributed by atoms with Crippen LogP contribution in [0.1, 0.15) is 39.2 Å². The number of urea groups is 1. The van der Waals surface area contributed by atoms with Crippen LogP contribution in [0.15, 0.2) is 59.2 Å². The maximum Gasteiger partial charge on any atom is 0.318 e. The SMILES string of the molecule is C/C=C1/CN(C(=O)NCCC(O)CN2CC=C(c3cccc(F)c3OC)CC2)C/C1=C/C=C(C)C. The number of hydrogen-bond donors (Lipinski definition) is 2. The molecule has 0 bridgehead atoms. The summed E-state index contributed by atoms with van der Waals surface area (Å²) in [5, 5.41) is 13.5. The molecule has 1 unspecified atom stereocenters. The van der Waals surface area contributed by atoms with Crippen LogP contribution in [0, 0.1) is 5.82 Å². The van der Waals surface area contributed by atoms with Gasteiger partial charge in [-0.3, -0.25) is 4.90 Å². The fourth-order valence-electron chi connectivity index (χ4n) is 4.46. The molecule has 2 aliphatic rings. The monoisotopic (exact) mass is 483 g/mol. The second kappa shape index (κ2) is 12.7. The lowest BCUT2D eigenvalue weighted by Gasteiger charge is -2.29. The number of allylic oxidation sites excluding steroid dienone is 4. The number of aliphatic hydroxyl groups is 1. The Morgan fingerprint density at radius 2 is 2.06 bits per heavy atom. The quantitative estimate of drug-likeness (QED) is 0.570. The van der Waals surface area contributed by atoms with Crippen molar-refractivity contribution in [2.24, 2.45) is 0 Å². The second-order valence-corrected chi connectivity index (χ2v) is 9.34. The molecule has 35 heavy (non-hydrogen) atoms. The zero-order chi connectivity index (χ0) is 25.4. The summed E-state index contributed by atoms with van der Waals surface area (Å²) in [6, 6.07) is 4.86. The molecule has 6 nitrogen and oxygen atoms in total. The van der Waals surface area contributed by atoms with Gasteiger partial charge in [0.1, 0.15) is 0 Å². The lowest BCUT2D eigenvalue weighted by molar-refractivity contribution is 0.110. The molecule has 3 rings (SSSR count). The average Bonchev–Trinajstić information content (AvgIpc) is 3.26. The van der Waals surface area contributed by atoms with E-state index in [1.807, 2.05) is 13.0 Å². The lowest BCUT2D eigenvalue weighted by atomic mass is 9.98. The van der Waals surface area contributed by atoms with Crippen molar-refractivity contribution < 1.29 is 19.0 Å². The van der Waals surface area contributed by atoms with Gasteiger partial charge >= 0.3 is 6.03 Å². The summed E-state index contributed by atoms with van der Waals surface area (Å²) < 4.78 is 19.3. The standard InChI is InChI=1S/C28H38FN3O3/c1-5-21-17-32(18-23(21)10-9-20(2)3)28(34)30-14-11-24(33)19-31-15-12-22(13-16-31)25-7-6-8-26(29)27(25)35-4/h5-10,12,24,33H,11,13-19H2,1-4H3,(H,30,34)/b21-5-,23-10-. The molecule has 0 spiro atoms. The normalized spacial score (nSPS) is 19.6. The van der Waals surface area contributed by atoms with E-state index in [2.05, 4.69) is 48.4 Å². The number of benzene rings is 1. The minimum Gasteiger partial charge on any atom is -0.493 e. The number of hydrogen-bond acceptors (Lipinski definition) is 4. The number of nitrogens with zero attached hydrogens (tertiary/aromatic N) is 2. The molecule has 1 aromatic rings. The number of nitrogens with one attached hydrogen (secondary N) is 1. The largest absolute Gasteiger partial charge is 0.493 e. The highest BCUT2D eigenvalue weighted by atomic mass is 19.1. The minimum absolute atomic E-state index is 0.105. The minimum atomic E-state index is -0.535. The number of methoxy groups -OCH3 is 1. The predicted octanol–water partition coefficient (Wildman–Crippen LogP) is 4.54. The summed E-state index contributed by atoms with van der Waals surface area (Å²) in [6.45, 7) is 9.70. The molecule has 1 aromatic carbocycles. The van der Waals surface area contributed by atoms with Crippen LogP contribution < -0.4 is 10.1 Å². The van der Waals surface area contributed by atoms with Crippen molar-refractivity contribution in [3.63, 3.8) is 0 Å². The van der Waals surface area contributed by atoms with Crippen LogP contribution in [-0.2, 0) is 0 Å². The maximum absolute atomic E-state index is 14.0. The third-order valence-corrected chi connectivity index (χ3v) is 6.42. The van der Waals surface area contributed by atoms with E-state index in [0.29, 0.717) is 39.1 Å². The third-order valence-electron chi connectivity index (χ3n) is 6.42. The fraction of sp³-hybridized carbons (Fsp3) is 0.464. The molecule has 190 valence electrons. The first-order chi connectivity index (χ1) is 16.8. The van der Waals surface area contributed by atoms with E-state index >= 15 is 0 Å². The Bertz CT molecular complexity index is 1020. The van der Waals surface area contributed by atoms with E-state index in [0.717, 1.165) is 29.7 Å². The van der Waals surface area contributed by atoms with Gasteiger partial charge in [0.05, 0.1) is 13.2 Å². The van der Waals surface area contributed by atoms with Gasteiger partial charge in [-0.2, -0.15) is 0 Å². The number of amides is 2. The van der Waals surface area contributed by atoms with Gasteiger partial charge in [0.15, 0.2) is 11.6 Å². The van der Waals surface area contributed by atoms with Crippen LogP contribution in [0.4, 0.5) is 9.18 Å². The van der Waals surface area contributed by atoms with E-state index < -0.39 is 6.10 Å². The number of ether oxygens (including phenoxy) is 1. The van der Waals surface area contributed by atoms with Crippen LogP contribution in [0.25, 0.3) is 5.57 Å². The first-order valence-corrected chi connectivity index (χ1v) is 12.3. The molecule has 1 saturated heterocycles. The molecule has 0 aliphatic carbocycles. The highest BCUT2D eigenvalue weighted by Crippen LogP contribution is 2.32. The Labute approximate surface area is 208 Å². The summed E-state index contributed by atoms with van der Waals surface area (Å²) in [4.78, 5) is 16.6. The molecule has 0 saturated carbocycles. The van der Waals surface area contributed by atoms with E-state index in [1.54, 1.807) is 11.0 Å². The van der Waals surface area contributed by atoms with Crippen molar-refractivity contribution in [3.05, 3.63) is 70.6 Å². The predicted molar refractivity (Wildman–Crippen MR) is 139 cm³/mol. The number of aliphatic hydroxyl groups excluding tert-OH is 1. The number of carbonyl (C=O) groups excluding carboxylic acids is 1. The number of para-hydroxylation sites is 1. The van der Waals surface area contributed by atoms with Gasteiger partial charge in [-0.25, -0.2) is 9.18 Å². The molecule has 2 aliphatic heterocycles. The van der Waals surface area contributed by atoms with Gasteiger partial charge < -0.3 is 20.1 Å². The lowest BCUT2D eigenvalue weighted by Crippen LogP contribution is -2.41. The molecular formula is C28H38FN3O3. The van der Waals surface area contributed by atoms with E-state index in [-0.39, 0.29) is 17.6 Å². The molecule has 2 heterocycles. The summed E-state index contributed by atoms with van der Waals surface area (Å²) in [7, 11) is 1.48. The van der Waals surface area contributed by atoms with Gasteiger partial charge in [0.25, 0.3) is 0 Å². The van der Waals surface area contributed by atoms with Crippen molar-refractivity contribution in [2.75, 3.05) is 46.4 Å².